The van der Waals surface area contributed by atoms with Gasteiger partial charge in [0, 0.05) is 29.5 Å². The van der Waals surface area contributed by atoms with Crippen molar-refractivity contribution < 1.29 is 14.3 Å². The molecule has 1 aliphatic carbocycles. The zero-order valence-corrected chi connectivity index (χ0v) is 20.0. The topological polar surface area (TPSA) is 66.6 Å². The molecule has 0 bridgehead atoms. The quantitative estimate of drug-likeness (QED) is 0.499. The molecule has 31 heavy (non-hydrogen) atoms. The smallest absolute Gasteiger partial charge is 0.340 e. The number of nitrogens with zero attached hydrogens (tertiary/aromatic N) is 1. The van der Waals surface area contributed by atoms with Crippen LogP contribution in [0, 0.1) is 11.8 Å². The maximum Gasteiger partial charge on any atom is 0.340 e. The van der Waals surface area contributed by atoms with Crippen molar-refractivity contribution in [3.63, 3.8) is 0 Å². The Morgan fingerprint density at radius 2 is 1.84 bits per heavy atom. The number of alkyl halides is 1. The molecule has 3 rings (SSSR count). The van der Waals surface area contributed by atoms with Gasteiger partial charge >= 0.3 is 5.97 Å². The predicted octanol–water partition coefficient (Wildman–Crippen LogP) is 5.99. The average Bonchev–Trinajstić information content (AvgIpc) is 3.21. The van der Waals surface area contributed by atoms with Gasteiger partial charge in [-0.25, -0.2) is 9.18 Å². The molecule has 2 aromatic rings. The molecule has 1 heterocycles. The first-order valence-electron chi connectivity index (χ1n) is 10.8. The van der Waals surface area contributed by atoms with Gasteiger partial charge in [-0.2, -0.15) is 0 Å². The Morgan fingerprint density at radius 1 is 1.19 bits per heavy atom. The Hall–Kier alpha value is -1.47. The van der Waals surface area contributed by atoms with E-state index in [9.17, 15) is 9.18 Å². The van der Waals surface area contributed by atoms with E-state index in [4.69, 9.17) is 22.4 Å². The molecular formula is C24H34ClFN2O2S. The minimum Gasteiger partial charge on any atom is -0.479 e. The highest BCUT2D eigenvalue weighted by Gasteiger charge is 2.25. The van der Waals surface area contributed by atoms with Crippen molar-refractivity contribution in [1.29, 1.82) is 0 Å². The van der Waals surface area contributed by atoms with Gasteiger partial charge in [0.15, 0.2) is 0 Å². The summed E-state index contributed by atoms with van der Waals surface area (Å²) >= 11 is 8.01. The summed E-state index contributed by atoms with van der Waals surface area (Å²) in [7, 11) is 0. The summed E-state index contributed by atoms with van der Waals surface area (Å²) in [6.07, 6.45) is 5.23. The highest BCUT2D eigenvalue weighted by molar-refractivity contribution is 7.09. The molecule has 0 unspecified atom stereocenters. The summed E-state index contributed by atoms with van der Waals surface area (Å²) in [6, 6.07) is 12.6. The first kappa shape index (κ1) is 25.8. The van der Waals surface area contributed by atoms with E-state index in [0.717, 1.165) is 50.3 Å². The molecule has 1 aromatic heterocycles. The number of rotatable bonds is 8. The molecule has 4 nitrogen and oxygen atoms in total. The van der Waals surface area contributed by atoms with Crippen LogP contribution in [0.5, 0.6) is 0 Å². The molecule has 0 atom stereocenters. The van der Waals surface area contributed by atoms with Crippen LogP contribution >= 0.6 is 22.9 Å². The Balaban J connectivity index is 0.000000423. The van der Waals surface area contributed by atoms with Gasteiger partial charge in [0.2, 0.25) is 5.67 Å². The van der Waals surface area contributed by atoms with E-state index in [0.29, 0.717) is 0 Å². The SMILES string of the molecule is CC(C)(F)C(=O)O.NCC1CCC(CN(Cc2cccc(Cl)c2)Cc2cccs2)CC1. The van der Waals surface area contributed by atoms with Crippen molar-refractivity contribution in [3.8, 4) is 0 Å². The third kappa shape index (κ3) is 9.69. The second-order valence-electron chi connectivity index (χ2n) is 8.78. The highest BCUT2D eigenvalue weighted by Crippen LogP contribution is 2.30. The van der Waals surface area contributed by atoms with Crippen LogP contribution in [0.3, 0.4) is 0 Å². The highest BCUT2D eigenvalue weighted by atomic mass is 35.5. The van der Waals surface area contributed by atoms with E-state index in [1.807, 2.05) is 23.5 Å². The number of carboxylic acid groups (broad SMARTS) is 1. The molecule has 0 spiro atoms. The van der Waals surface area contributed by atoms with Crippen LogP contribution < -0.4 is 5.73 Å². The van der Waals surface area contributed by atoms with E-state index in [2.05, 4.69) is 34.5 Å². The third-order valence-electron chi connectivity index (χ3n) is 5.58. The second kappa shape index (κ2) is 12.5. The van der Waals surface area contributed by atoms with Gasteiger partial charge < -0.3 is 10.8 Å². The number of hydrogen-bond donors (Lipinski definition) is 2. The average molecular weight is 469 g/mol. The number of thiophene rings is 1. The lowest BCUT2D eigenvalue weighted by Gasteiger charge is -2.32. The van der Waals surface area contributed by atoms with E-state index in [-0.39, 0.29) is 0 Å². The van der Waals surface area contributed by atoms with Crippen molar-refractivity contribution in [1.82, 2.24) is 4.90 Å². The van der Waals surface area contributed by atoms with E-state index >= 15 is 0 Å². The van der Waals surface area contributed by atoms with Gasteiger partial charge in [0.1, 0.15) is 0 Å². The van der Waals surface area contributed by atoms with Crippen molar-refractivity contribution in [3.05, 3.63) is 57.2 Å². The maximum absolute atomic E-state index is 11.9. The molecule has 1 aromatic carbocycles. The van der Waals surface area contributed by atoms with Crippen LogP contribution in [-0.4, -0.2) is 34.7 Å². The monoisotopic (exact) mass is 468 g/mol. The number of carboxylic acids is 1. The largest absolute Gasteiger partial charge is 0.479 e. The van der Waals surface area contributed by atoms with Gasteiger partial charge in [-0.1, -0.05) is 29.8 Å². The zero-order chi connectivity index (χ0) is 22.9. The lowest BCUT2D eigenvalue weighted by Crippen LogP contribution is -2.32. The number of nitrogens with two attached hydrogens (primary N) is 1. The first-order valence-corrected chi connectivity index (χ1v) is 12.0. The Morgan fingerprint density at radius 3 is 2.35 bits per heavy atom. The third-order valence-corrected chi connectivity index (χ3v) is 6.68. The molecule has 172 valence electrons. The number of benzene rings is 1. The fourth-order valence-electron chi connectivity index (χ4n) is 3.72. The molecule has 1 saturated carbocycles. The molecule has 3 N–H and O–H groups in total. The summed E-state index contributed by atoms with van der Waals surface area (Å²) in [4.78, 5) is 13.7. The van der Waals surface area contributed by atoms with Crippen molar-refractivity contribution in [2.45, 2.75) is 58.3 Å². The summed E-state index contributed by atoms with van der Waals surface area (Å²) < 4.78 is 11.9. The molecule has 1 aliphatic rings. The van der Waals surface area contributed by atoms with Crippen molar-refractivity contribution >= 4 is 28.9 Å². The molecular weight excluding hydrogens is 435 g/mol. The number of carbonyl (C=O) groups is 1. The standard InChI is InChI=1S/C20H27ClN2S.C4H7FO2/c21-19-4-1-3-18(11-19)14-23(15-20-5-2-10-24-20)13-17-8-6-16(12-22)7-9-17;1-4(2,5)3(6)7/h1-5,10-11,16-17H,6-9,12-15,22H2;1-2H3,(H,6,7). The van der Waals surface area contributed by atoms with Gasteiger partial charge in [-0.15, -0.1) is 11.3 Å². The van der Waals surface area contributed by atoms with Crippen molar-refractivity contribution in [2.75, 3.05) is 13.1 Å². The molecule has 0 aliphatic heterocycles. The van der Waals surface area contributed by atoms with Crippen molar-refractivity contribution in [2.24, 2.45) is 17.6 Å². The second-order valence-corrected chi connectivity index (χ2v) is 10.2. The zero-order valence-electron chi connectivity index (χ0n) is 18.4. The molecule has 0 radical (unpaired) electrons. The Bertz CT molecular complexity index is 787. The van der Waals surface area contributed by atoms with Gasteiger partial charge in [-0.05, 0) is 87.1 Å². The van der Waals surface area contributed by atoms with Gasteiger partial charge in [-0.3, -0.25) is 4.90 Å². The van der Waals surface area contributed by atoms with E-state index in [1.165, 1.54) is 42.7 Å². The summed E-state index contributed by atoms with van der Waals surface area (Å²) in [5.41, 5.74) is 5.05. The summed E-state index contributed by atoms with van der Waals surface area (Å²) in [5.74, 6) is 0.124. The first-order chi connectivity index (χ1) is 14.7. The number of halogens is 2. The summed E-state index contributed by atoms with van der Waals surface area (Å²) in [5, 5.41) is 10.9. The summed E-state index contributed by atoms with van der Waals surface area (Å²) in [6.45, 7) is 6.01. The van der Waals surface area contributed by atoms with Crippen LogP contribution in [0.1, 0.15) is 50.0 Å². The maximum atomic E-state index is 11.9. The predicted molar refractivity (Wildman–Crippen MR) is 127 cm³/mol. The lowest BCUT2D eigenvalue weighted by atomic mass is 9.82. The molecule has 0 amide bonds. The van der Waals surface area contributed by atoms with E-state index < -0.39 is 11.6 Å². The van der Waals surface area contributed by atoms with Crippen LogP contribution in [0.15, 0.2) is 41.8 Å². The van der Waals surface area contributed by atoms with Gasteiger partial charge in [0.25, 0.3) is 0 Å². The molecule has 1 fully saturated rings. The Labute approximate surface area is 194 Å². The van der Waals surface area contributed by atoms with Crippen LogP contribution in [-0.2, 0) is 17.9 Å². The minimum atomic E-state index is -2.08. The van der Waals surface area contributed by atoms with Gasteiger partial charge in [0.05, 0.1) is 0 Å². The fourth-order valence-corrected chi connectivity index (χ4v) is 4.68. The lowest BCUT2D eigenvalue weighted by molar-refractivity contribution is -0.148. The Kier molecular flexibility index (Phi) is 10.4. The molecule has 7 heteroatoms. The normalized spacial score (nSPS) is 19.0. The van der Waals surface area contributed by atoms with Crippen LogP contribution in [0.2, 0.25) is 5.02 Å². The van der Waals surface area contributed by atoms with Crippen LogP contribution in [0.25, 0.3) is 0 Å². The fraction of sp³-hybridized carbons (Fsp3) is 0.542. The number of hydrogen-bond acceptors (Lipinski definition) is 4. The molecule has 0 saturated heterocycles. The minimum absolute atomic E-state index is 0.750. The van der Waals surface area contributed by atoms with E-state index in [1.54, 1.807) is 0 Å². The number of aliphatic carboxylic acids is 1. The van der Waals surface area contributed by atoms with Crippen LogP contribution in [0.4, 0.5) is 4.39 Å².